The van der Waals surface area contributed by atoms with Gasteiger partial charge in [0.15, 0.2) is 5.78 Å². The van der Waals surface area contributed by atoms with Gasteiger partial charge in [-0.2, -0.15) is 0 Å². The first kappa shape index (κ1) is 14.5. The van der Waals surface area contributed by atoms with E-state index in [1.807, 2.05) is 18.2 Å². The number of rotatable bonds is 2. The van der Waals surface area contributed by atoms with E-state index in [4.69, 9.17) is 21.5 Å². The zero-order valence-electron chi connectivity index (χ0n) is 10.9. The molecule has 20 heavy (non-hydrogen) atoms. The number of hydrogen-bond acceptors (Lipinski definition) is 3. The third kappa shape index (κ3) is 2.96. The van der Waals surface area contributed by atoms with Crippen molar-refractivity contribution in [3.63, 3.8) is 0 Å². The molecule has 0 radical (unpaired) electrons. The molecule has 104 valence electrons. The molecule has 1 unspecified atom stereocenters. The summed E-state index contributed by atoms with van der Waals surface area (Å²) in [7, 11) is 0. The Morgan fingerprint density at radius 3 is 2.75 bits per heavy atom. The molecule has 0 spiro atoms. The lowest BCUT2D eigenvalue weighted by Gasteiger charge is -2.04. The molecule has 1 N–H and O–H groups in total. The summed E-state index contributed by atoms with van der Waals surface area (Å²) in [5.74, 6) is 0.927. The first-order valence-corrected chi connectivity index (χ1v) is 6.62. The van der Waals surface area contributed by atoms with Crippen molar-refractivity contribution < 1.29 is 14.7 Å². The number of benzene rings is 1. The predicted octanol–water partition coefficient (Wildman–Crippen LogP) is 3.43. The molecule has 1 aliphatic rings. The number of hydrogen-bond donors (Lipinski definition) is 1. The molecule has 1 aromatic carbocycles. The van der Waals surface area contributed by atoms with E-state index >= 15 is 0 Å². The van der Waals surface area contributed by atoms with E-state index in [1.165, 1.54) is 0 Å². The van der Waals surface area contributed by atoms with Crippen LogP contribution in [0.5, 0.6) is 0 Å². The number of Topliss-reactive ketones (excluding diaryl/α,β-unsaturated/α-hetero) is 1. The van der Waals surface area contributed by atoms with Gasteiger partial charge in [-0.25, -0.2) is 0 Å². The lowest BCUT2D eigenvalue weighted by atomic mass is 10.0. The Bertz CT molecular complexity index is 657. The number of ketones is 1. The number of carbonyl (C=O) groups excluding carboxylic acids is 1. The Kier molecular flexibility index (Phi) is 4.35. The quantitative estimate of drug-likeness (QED) is 0.680. The molecule has 5 heteroatoms. The number of pyridine rings is 1. The van der Waals surface area contributed by atoms with Gasteiger partial charge in [0.2, 0.25) is 0 Å². The summed E-state index contributed by atoms with van der Waals surface area (Å²) in [6, 6.07) is 7.42. The van der Waals surface area contributed by atoms with Crippen LogP contribution >= 0.6 is 11.6 Å². The summed E-state index contributed by atoms with van der Waals surface area (Å²) in [4.78, 5) is 24.7. The fourth-order valence-electron chi connectivity index (χ4n) is 2.19. The molecule has 1 aliphatic carbocycles. The van der Waals surface area contributed by atoms with E-state index in [0.717, 1.165) is 17.3 Å². The minimum atomic E-state index is -0.250. The Hall–Kier alpha value is -1.94. The van der Waals surface area contributed by atoms with Crippen molar-refractivity contribution >= 4 is 34.8 Å². The maximum atomic E-state index is 12.1. The van der Waals surface area contributed by atoms with Crippen LogP contribution in [-0.2, 0) is 4.79 Å². The summed E-state index contributed by atoms with van der Waals surface area (Å²) < 4.78 is 0. The lowest BCUT2D eigenvalue weighted by molar-refractivity contribution is -0.122. The van der Waals surface area contributed by atoms with Crippen molar-refractivity contribution in [1.29, 1.82) is 0 Å². The number of fused-ring (bicyclic) bond motifs is 1. The maximum absolute atomic E-state index is 12.1. The third-order valence-corrected chi connectivity index (χ3v) is 3.68. The van der Waals surface area contributed by atoms with Crippen molar-refractivity contribution in [2.45, 2.75) is 13.3 Å². The number of carbonyl (C=O) groups is 2. The molecule has 0 aliphatic heterocycles. The molecule has 0 amide bonds. The summed E-state index contributed by atoms with van der Waals surface area (Å²) in [6.45, 7) is 1.85. The molecule has 1 saturated carbocycles. The number of nitrogens with zero attached hydrogens (tertiary/aromatic N) is 1. The van der Waals surface area contributed by atoms with Crippen LogP contribution in [0, 0.1) is 11.8 Å². The van der Waals surface area contributed by atoms with Crippen molar-refractivity contribution in [3.05, 3.63) is 41.0 Å². The number of aromatic nitrogens is 1. The predicted molar refractivity (Wildman–Crippen MR) is 77.0 cm³/mol. The Labute approximate surface area is 121 Å². The molecule has 3 rings (SSSR count). The van der Waals surface area contributed by atoms with Crippen LogP contribution in [0.25, 0.3) is 10.9 Å². The zero-order valence-corrected chi connectivity index (χ0v) is 11.7. The first-order chi connectivity index (χ1) is 9.58. The van der Waals surface area contributed by atoms with E-state index in [9.17, 15) is 4.79 Å². The molecule has 2 aromatic rings. The van der Waals surface area contributed by atoms with Gasteiger partial charge in [-0.05, 0) is 30.5 Å². The molecule has 0 bridgehead atoms. The van der Waals surface area contributed by atoms with Gasteiger partial charge < -0.3 is 5.11 Å². The molecule has 1 heterocycles. The molecular formula is C15H14ClNO3. The van der Waals surface area contributed by atoms with Gasteiger partial charge in [-0.3, -0.25) is 14.6 Å². The minimum Gasteiger partial charge on any atom is -0.483 e. The van der Waals surface area contributed by atoms with E-state index in [1.54, 1.807) is 12.3 Å². The Morgan fingerprint density at radius 1 is 1.50 bits per heavy atom. The highest BCUT2D eigenvalue weighted by Crippen LogP contribution is 2.41. The maximum Gasteiger partial charge on any atom is 0.290 e. The second-order valence-corrected chi connectivity index (χ2v) is 5.23. The zero-order chi connectivity index (χ0) is 14.7. The van der Waals surface area contributed by atoms with Gasteiger partial charge >= 0.3 is 0 Å². The summed E-state index contributed by atoms with van der Waals surface area (Å²) >= 11 is 6.15. The Morgan fingerprint density at radius 2 is 2.15 bits per heavy atom. The van der Waals surface area contributed by atoms with E-state index < -0.39 is 0 Å². The smallest absolute Gasteiger partial charge is 0.290 e. The van der Waals surface area contributed by atoms with Crippen LogP contribution < -0.4 is 0 Å². The van der Waals surface area contributed by atoms with Crippen LogP contribution in [0.4, 0.5) is 0 Å². The van der Waals surface area contributed by atoms with Crippen LogP contribution in [0.1, 0.15) is 23.7 Å². The van der Waals surface area contributed by atoms with Crippen LogP contribution in [0.2, 0.25) is 5.02 Å². The summed E-state index contributed by atoms with van der Waals surface area (Å²) in [5, 5.41) is 8.37. The average molecular weight is 292 g/mol. The van der Waals surface area contributed by atoms with E-state index in [2.05, 4.69) is 11.9 Å². The lowest BCUT2D eigenvalue weighted by Crippen LogP contribution is -2.03. The monoisotopic (exact) mass is 291 g/mol. The molecule has 1 aromatic heterocycles. The highest BCUT2D eigenvalue weighted by Gasteiger charge is 2.39. The van der Waals surface area contributed by atoms with Gasteiger partial charge in [0, 0.05) is 23.1 Å². The van der Waals surface area contributed by atoms with Crippen molar-refractivity contribution in [1.82, 2.24) is 4.98 Å². The average Bonchev–Trinajstić information content (AvgIpc) is 3.16. The van der Waals surface area contributed by atoms with Gasteiger partial charge in [-0.1, -0.05) is 24.6 Å². The molecule has 4 nitrogen and oxygen atoms in total. The first-order valence-electron chi connectivity index (χ1n) is 6.24. The van der Waals surface area contributed by atoms with Gasteiger partial charge in [-0.15, -0.1) is 0 Å². The fraction of sp³-hybridized carbons (Fsp3) is 0.267. The van der Waals surface area contributed by atoms with Crippen LogP contribution in [-0.4, -0.2) is 22.3 Å². The summed E-state index contributed by atoms with van der Waals surface area (Å²) in [5.41, 5.74) is 1.47. The topological polar surface area (TPSA) is 67.3 Å². The second-order valence-electron chi connectivity index (χ2n) is 4.82. The van der Waals surface area contributed by atoms with Gasteiger partial charge in [0.25, 0.3) is 6.47 Å². The van der Waals surface area contributed by atoms with E-state index in [0.29, 0.717) is 16.5 Å². The van der Waals surface area contributed by atoms with Crippen molar-refractivity contribution in [2.24, 2.45) is 11.8 Å². The standard InChI is InChI=1S/C14H12ClNO.CH2O2/c1-8-5-11(8)14(17)10-6-9-3-2-4-16-13(9)12(15)7-10;2-1-3/h2-4,6-8,11H,5H2,1H3;1H,(H,2,3)/t8?,11-;/m0./s1. The molecular weight excluding hydrogens is 278 g/mol. The van der Waals surface area contributed by atoms with Gasteiger partial charge in [0.1, 0.15) is 0 Å². The molecule has 2 atom stereocenters. The SMILES string of the molecule is CC1C[C@@H]1C(=O)c1cc(Cl)c2ncccc2c1.O=CO. The normalized spacial score (nSPS) is 19.9. The van der Waals surface area contributed by atoms with Crippen molar-refractivity contribution in [2.75, 3.05) is 0 Å². The third-order valence-electron chi connectivity index (χ3n) is 3.39. The molecule has 0 saturated heterocycles. The van der Waals surface area contributed by atoms with E-state index in [-0.39, 0.29) is 18.2 Å². The van der Waals surface area contributed by atoms with Crippen LogP contribution in [0.15, 0.2) is 30.5 Å². The van der Waals surface area contributed by atoms with Crippen molar-refractivity contribution in [3.8, 4) is 0 Å². The largest absolute Gasteiger partial charge is 0.483 e. The highest BCUT2D eigenvalue weighted by molar-refractivity contribution is 6.35. The van der Waals surface area contributed by atoms with Gasteiger partial charge in [0.05, 0.1) is 10.5 Å². The summed E-state index contributed by atoms with van der Waals surface area (Å²) in [6.07, 6.45) is 2.71. The molecule has 1 fully saturated rings. The second kappa shape index (κ2) is 6.01. The fourth-order valence-corrected chi connectivity index (χ4v) is 2.47. The Balaban J connectivity index is 0.000000452. The minimum absolute atomic E-state index is 0.195. The highest BCUT2D eigenvalue weighted by atomic mass is 35.5. The number of halogens is 1. The number of carboxylic acid groups (broad SMARTS) is 1. The van der Waals surface area contributed by atoms with Crippen LogP contribution in [0.3, 0.4) is 0 Å².